The second kappa shape index (κ2) is 11.1. The number of carbonyl (C=O) groups excluding carboxylic acids is 1. The molecule has 32 heavy (non-hydrogen) atoms. The monoisotopic (exact) mass is 464 g/mol. The minimum Gasteiger partial charge on any atom is -0.340 e. The van der Waals surface area contributed by atoms with Crippen molar-refractivity contribution in [3.05, 3.63) is 28.8 Å². The van der Waals surface area contributed by atoms with Gasteiger partial charge in [0.2, 0.25) is 15.9 Å². The summed E-state index contributed by atoms with van der Waals surface area (Å²) in [5, 5.41) is 3.25. The fourth-order valence-electron chi connectivity index (χ4n) is 5.08. The molecule has 2 aliphatic heterocycles. The van der Waals surface area contributed by atoms with Gasteiger partial charge in [0.15, 0.2) is 0 Å². The first-order valence-corrected chi connectivity index (χ1v) is 13.4. The molecule has 1 amide bonds. The highest BCUT2D eigenvalue weighted by atomic mass is 32.2. The van der Waals surface area contributed by atoms with Crippen LogP contribution in [-0.4, -0.2) is 86.8 Å². The van der Waals surface area contributed by atoms with E-state index in [0.29, 0.717) is 37.1 Å². The number of amides is 1. The van der Waals surface area contributed by atoms with Crippen LogP contribution in [0.1, 0.15) is 49.3 Å². The highest BCUT2D eigenvalue weighted by Gasteiger charge is 2.30. The Bertz CT molecular complexity index is 874. The number of carbonyl (C=O) groups is 1. The molecule has 0 unspecified atom stereocenters. The Labute approximate surface area is 194 Å². The lowest BCUT2D eigenvalue weighted by Crippen LogP contribution is -2.48. The number of likely N-dealkylation sites (tertiary alicyclic amines) is 1. The topological polar surface area (TPSA) is 73.0 Å². The van der Waals surface area contributed by atoms with Crippen molar-refractivity contribution in [2.45, 2.75) is 64.3 Å². The van der Waals surface area contributed by atoms with Crippen LogP contribution in [0.5, 0.6) is 0 Å². The molecule has 0 aromatic heterocycles. The van der Waals surface area contributed by atoms with Crippen molar-refractivity contribution in [2.24, 2.45) is 0 Å². The second-order valence-corrected chi connectivity index (χ2v) is 11.3. The molecule has 1 atom stereocenters. The number of rotatable bonds is 8. The number of nitrogens with one attached hydrogen (secondary N) is 1. The largest absolute Gasteiger partial charge is 0.340 e. The number of hydrogen-bond donors (Lipinski definition) is 1. The number of hydrogen-bond acceptors (Lipinski definition) is 5. The molecule has 0 saturated carbocycles. The Morgan fingerprint density at radius 3 is 2.34 bits per heavy atom. The zero-order valence-electron chi connectivity index (χ0n) is 20.2. The van der Waals surface area contributed by atoms with Crippen molar-refractivity contribution in [2.75, 3.05) is 52.4 Å². The third-order valence-electron chi connectivity index (χ3n) is 6.82. The maximum Gasteiger partial charge on any atom is 0.243 e. The molecule has 2 fully saturated rings. The minimum absolute atomic E-state index is 0.0374. The highest BCUT2D eigenvalue weighted by molar-refractivity contribution is 7.89. The average molecular weight is 465 g/mol. The van der Waals surface area contributed by atoms with Crippen molar-refractivity contribution < 1.29 is 13.2 Å². The van der Waals surface area contributed by atoms with Gasteiger partial charge >= 0.3 is 0 Å². The Morgan fingerprint density at radius 2 is 1.72 bits per heavy atom. The molecule has 2 heterocycles. The second-order valence-electron chi connectivity index (χ2n) is 9.39. The summed E-state index contributed by atoms with van der Waals surface area (Å²) in [6, 6.07) is 4.33. The van der Waals surface area contributed by atoms with Crippen molar-refractivity contribution in [3.8, 4) is 0 Å². The molecule has 1 aromatic carbocycles. The first kappa shape index (κ1) is 25.1. The number of sulfonamides is 1. The molecule has 1 aromatic rings. The van der Waals surface area contributed by atoms with E-state index in [1.165, 1.54) is 6.42 Å². The Balaban J connectivity index is 1.79. The van der Waals surface area contributed by atoms with Gasteiger partial charge in [-0.25, -0.2) is 8.42 Å². The Morgan fingerprint density at radius 1 is 1.06 bits per heavy atom. The van der Waals surface area contributed by atoms with Gasteiger partial charge in [0, 0.05) is 58.3 Å². The van der Waals surface area contributed by atoms with Crippen LogP contribution in [0.2, 0.25) is 0 Å². The van der Waals surface area contributed by atoms with Gasteiger partial charge in [0.1, 0.15) is 0 Å². The molecule has 0 aliphatic carbocycles. The van der Waals surface area contributed by atoms with E-state index in [9.17, 15) is 13.2 Å². The average Bonchev–Trinajstić information content (AvgIpc) is 2.74. The molecular formula is C24H40N4O3S. The quantitative estimate of drug-likeness (QED) is 0.639. The van der Waals surface area contributed by atoms with Gasteiger partial charge in [-0.1, -0.05) is 24.1 Å². The summed E-state index contributed by atoms with van der Waals surface area (Å²) in [6.07, 6.45) is 3.78. The van der Waals surface area contributed by atoms with Crippen molar-refractivity contribution in [3.63, 3.8) is 0 Å². The molecule has 2 aliphatic rings. The van der Waals surface area contributed by atoms with Gasteiger partial charge in [0.05, 0.1) is 4.90 Å². The van der Waals surface area contributed by atoms with Crippen LogP contribution < -0.4 is 5.32 Å². The summed E-state index contributed by atoms with van der Waals surface area (Å²) in [7, 11) is -3.70. The van der Waals surface area contributed by atoms with Gasteiger partial charge in [-0.05, 0) is 58.2 Å². The van der Waals surface area contributed by atoms with Crippen LogP contribution in [0.15, 0.2) is 17.0 Å². The van der Waals surface area contributed by atoms with E-state index in [2.05, 4.69) is 17.1 Å². The lowest BCUT2D eigenvalue weighted by atomic mass is 10.0. The maximum atomic E-state index is 13.8. The smallest absolute Gasteiger partial charge is 0.243 e. The standard InChI is InChI=1S/C24H40N4O3S/c1-19-17-20(2)24(21(3)18-19)32(30,31)28(16-15-26-11-6-5-7-22(26)4)12-8-23(29)27-13-9-25-10-14-27/h17-18,22,25H,5-16H2,1-4H3/t22-/m0/s1. The van der Waals surface area contributed by atoms with E-state index in [-0.39, 0.29) is 18.9 Å². The van der Waals surface area contributed by atoms with Crippen LogP contribution in [0.25, 0.3) is 0 Å². The summed E-state index contributed by atoms with van der Waals surface area (Å²) in [5.74, 6) is 0.0374. The third kappa shape index (κ3) is 6.10. The van der Waals surface area contributed by atoms with Crippen LogP contribution >= 0.6 is 0 Å². The summed E-state index contributed by atoms with van der Waals surface area (Å²) >= 11 is 0. The van der Waals surface area contributed by atoms with E-state index in [1.807, 2.05) is 37.8 Å². The van der Waals surface area contributed by atoms with E-state index in [1.54, 1.807) is 4.31 Å². The maximum absolute atomic E-state index is 13.8. The number of nitrogens with zero attached hydrogens (tertiary/aromatic N) is 3. The summed E-state index contributed by atoms with van der Waals surface area (Å²) in [4.78, 5) is 17.4. The van der Waals surface area contributed by atoms with Crippen molar-refractivity contribution >= 4 is 15.9 Å². The Hall–Kier alpha value is -1.48. The minimum atomic E-state index is -3.70. The normalized spacial score (nSPS) is 20.7. The molecule has 2 saturated heterocycles. The molecule has 0 radical (unpaired) electrons. The number of piperazine rings is 1. The third-order valence-corrected chi connectivity index (χ3v) is 9.03. The van der Waals surface area contributed by atoms with Crippen LogP contribution in [-0.2, 0) is 14.8 Å². The van der Waals surface area contributed by atoms with Crippen molar-refractivity contribution in [1.82, 2.24) is 19.4 Å². The van der Waals surface area contributed by atoms with E-state index >= 15 is 0 Å². The summed E-state index contributed by atoms with van der Waals surface area (Å²) < 4.78 is 29.2. The van der Waals surface area contributed by atoms with Gasteiger partial charge in [0.25, 0.3) is 0 Å². The van der Waals surface area contributed by atoms with Crippen LogP contribution in [0.4, 0.5) is 0 Å². The number of piperidine rings is 1. The Kier molecular flexibility index (Phi) is 8.72. The first-order chi connectivity index (χ1) is 15.2. The van der Waals surface area contributed by atoms with Crippen LogP contribution in [0.3, 0.4) is 0 Å². The van der Waals surface area contributed by atoms with Gasteiger partial charge in [-0.2, -0.15) is 4.31 Å². The van der Waals surface area contributed by atoms with Gasteiger partial charge in [-0.3, -0.25) is 9.69 Å². The van der Waals surface area contributed by atoms with Gasteiger partial charge < -0.3 is 10.2 Å². The van der Waals surface area contributed by atoms with E-state index in [4.69, 9.17) is 0 Å². The molecule has 3 rings (SSSR count). The highest BCUT2D eigenvalue weighted by Crippen LogP contribution is 2.26. The molecule has 180 valence electrons. The molecule has 7 nitrogen and oxygen atoms in total. The zero-order chi connectivity index (χ0) is 23.3. The summed E-state index contributed by atoms with van der Waals surface area (Å²) in [5.41, 5.74) is 2.60. The van der Waals surface area contributed by atoms with E-state index < -0.39 is 10.0 Å². The molecule has 0 spiro atoms. The molecular weight excluding hydrogens is 424 g/mol. The fourth-order valence-corrected chi connectivity index (χ4v) is 6.92. The predicted molar refractivity (Wildman–Crippen MR) is 128 cm³/mol. The lowest BCUT2D eigenvalue weighted by molar-refractivity contribution is -0.131. The molecule has 8 heteroatoms. The predicted octanol–water partition coefficient (Wildman–Crippen LogP) is 2.30. The molecule has 0 bridgehead atoms. The number of benzene rings is 1. The van der Waals surface area contributed by atoms with Crippen molar-refractivity contribution in [1.29, 1.82) is 0 Å². The fraction of sp³-hybridized carbons (Fsp3) is 0.708. The number of aryl methyl sites for hydroxylation is 3. The zero-order valence-corrected chi connectivity index (χ0v) is 21.0. The van der Waals surface area contributed by atoms with E-state index in [0.717, 1.165) is 49.2 Å². The van der Waals surface area contributed by atoms with Crippen LogP contribution in [0, 0.1) is 20.8 Å². The lowest BCUT2D eigenvalue weighted by Gasteiger charge is -2.35. The SMILES string of the molecule is Cc1cc(C)c(S(=O)(=O)N(CCC(=O)N2CCNCC2)CCN2CCCC[C@@H]2C)c(C)c1. The van der Waals surface area contributed by atoms with Gasteiger partial charge in [-0.15, -0.1) is 0 Å². The first-order valence-electron chi connectivity index (χ1n) is 12.0. The summed E-state index contributed by atoms with van der Waals surface area (Å²) in [6.45, 7) is 13.2. The molecule has 1 N–H and O–H groups in total.